The summed E-state index contributed by atoms with van der Waals surface area (Å²) < 4.78 is 127. The summed E-state index contributed by atoms with van der Waals surface area (Å²) in [5.41, 5.74) is 7.73. The summed E-state index contributed by atoms with van der Waals surface area (Å²) in [6.07, 6.45) is 18.5. The van der Waals surface area contributed by atoms with Crippen molar-refractivity contribution in [2.24, 2.45) is 0 Å². The molecule has 9 aromatic carbocycles. The van der Waals surface area contributed by atoms with Gasteiger partial charge in [0.2, 0.25) is 0 Å². The van der Waals surface area contributed by atoms with Crippen LogP contribution in [0.5, 0.6) is 0 Å². The van der Waals surface area contributed by atoms with Crippen LogP contribution in [-0.2, 0) is 139 Å². The van der Waals surface area contributed by atoms with Gasteiger partial charge >= 0.3 is 13.8 Å². The lowest BCUT2D eigenvalue weighted by Gasteiger charge is -2.52. The van der Waals surface area contributed by atoms with E-state index in [1.807, 2.05) is 273 Å². The van der Waals surface area contributed by atoms with E-state index in [2.05, 4.69) is 13.8 Å². The van der Waals surface area contributed by atoms with Crippen LogP contribution in [0.3, 0.4) is 0 Å². The Bertz CT molecular complexity index is 4300. The molecule has 11 rings (SSSR count). The first-order valence-corrected chi connectivity index (χ1v) is 49.6. The molecule has 1 aliphatic carbocycles. The minimum Gasteiger partial charge on any atom is -0.463 e. The van der Waals surface area contributed by atoms with Gasteiger partial charge in [0.15, 0.2) is 6.29 Å². The van der Waals surface area contributed by atoms with Crippen molar-refractivity contribution in [1.29, 1.82) is 0 Å². The number of hydrogen-bond acceptors (Lipinski definition) is 17. The molecule has 128 heavy (non-hydrogen) atoms. The maximum atomic E-state index is 17.4. The smallest absolute Gasteiger partial charge is 0.463 e. The first kappa shape index (κ1) is 101. The van der Waals surface area contributed by atoms with Gasteiger partial charge in [-0.3, -0.25) is 18.4 Å². The predicted octanol–water partition coefficient (Wildman–Crippen LogP) is 26.0. The van der Waals surface area contributed by atoms with Crippen molar-refractivity contribution in [3.8, 4) is 0 Å². The quantitative estimate of drug-likeness (QED) is 0.0200. The van der Waals surface area contributed by atoms with E-state index in [1.54, 1.807) is 0 Å². The van der Waals surface area contributed by atoms with Gasteiger partial charge in [-0.25, -0.2) is 4.57 Å². The lowest BCUT2D eigenvalue weighted by atomic mass is 9.83. The lowest BCUT2D eigenvalue weighted by Crippen LogP contribution is -2.69. The molecule has 6 unspecified atom stereocenters. The minimum atomic E-state index is -5.09. The van der Waals surface area contributed by atoms with E-state index in [9.17, 15) is 4.79 Å². The number of rotatable bonds is 67. The molecule has 1 heterocycles. The average molecular weight is 1770 g/mol. The molecule has 9 aromatic rings. The van der Waals surface area contributed by atoms with Gasteiger partial charge < -0.3 is 56.8 Å². The van der Waals surface area contributed by atoms with E-state index < -0.39 is 81.3 Å². The van der Waals surface area contributed by atoms with Crippen molar-refractivity contribution in [2.45, 2.75) is 327 Å². The zero-order chi connectivity index (χ0) is 88.6. The maximum Gasteiger partial charge on any atom is 0.475 e. The number of phosphoric acid groups is 1. The van der Waals surface area contributed by atoms with E-state index >= 15 is 4.57 Å². The molecular formula is C110H145O17P. The summed E-state index contributed by atoms with van der Waals surface area (Å²) in [5.74, 6) is -0.339. The number of carbonyl (C=O) groups is 1. The summed E-state index contributed by atoms with van der Waals surface area (Å²) in [7, 11) is -5.09. The summed E-state index contributed by atoms with van der Waals surface area (Å²) in [6.45, 7) is 4.87. The molecule has 1 saturated carbocycles. The van der Waals surface area contributed by atoms with Gasteiger partial charge in [0.1, 0.15) is 73.8 Å². The van der Waals surface area contributed by atoms with Gasteiger partial charge in [-0.05, 0) is 62.9 Å². The molecule has 1 aliphatic heterocycles. The molecule has 0 aromatic heterocycles. The van der Waals surface area contributed by atoms with Crippen LogP contribution < -0.4 is 0 Å². The zero-order valence-corrected chi connectivity index (χ0v) is 77.2. The molecule has 18 heteroatoms. The van der Waals surface area contributed by atoms with Gasteiger partial charge in [0, 0.05) is 13.0 Å². The lowest BCUT2D eigenvalue weighted by molar-refractivity contribution is -0.362. The Balaban J connectivity index is 0.996. The molecule has 1 saturated heterocycles. The summed E-state index contributed by atoms with van der Waals surface area (Å²) in [6, 6.07) is 89.0. The number of hydrogen-bond donors (Lipinski definition) is 0. The summed E-state index contributed by atoms with van der Waals surface area (Å²) in [4.78, 5) is 14.1. The number of phosphoric ester groups is 1. The largest absolute Gasteiger partial charge is 0.475 e. The fraction of sp³-hybridized carbons (Fsp3) is 0.500. The van der Waals surface area contributed by atoms with E-state index in [4.69, 9.17) is 70.4 Å². The van der Waals surface area contributed by atoms with Crippen molar-refractivity contribution in [3.05, 3.63) is 323 Å². The molecule has 692 valence electrons. The standard InChI is InChI=1S/C110H145O17P/c1-3-5-7-9-11-13-15-17-19-21-23-25-27-56-76-114-98(86-115-100(111)75-55-26-24-22-20-18-16-14-12-10-8-6-4-2)87-124-128(112,123-85-97-73-53-36-54-74-97)127-108-106(121-83-95-69-49-34-50-70-95)104(119-81-93-65-45-32-46-66-93)103(118-80-92-63-43-31-44-64-92)105(120-82-94-67-47-33-48-68-94)107(108)126-110-109(122-84-96-71-51-35-52-72-96)102(117-79-91-61-41-30-42-62-91)101(116-78-90-59-39-29-40-60-90)99(125-110)88-113-77-89-57-37-28-38-58-89/h28-54,57-74,98-99,101-110H,3-27,55-56,75-88H2,1-2H3/t98-,99?,101+,102-,103-,104-,105?,106?,107?,108+,109?,110+,128?/m1/s1. The Hall–Kier alpha value is -7.88. The molecular weight excluding hydrogens is 1620 g/mol. The van der Waals surface area contributed by atoms with Crippen LogP contribution in [0.4, 0.5) is 0 Å². The van der Waals surface area contributed by atoms with Crippen LogP contribution in [0, 0.1) is 0 Å². The highest BCUT2D eigenvalue weighted by atomic mass is 31.2. The second kappa shape index (κ2) is 61.0. The van der Waals surface area contributed by atoms with Crippen LogP contribution in [0.15, 0.2) is 273 Å². The number of unbranched alkanes of at least 4 members (excludes halogenated alkanes) is 25. The van der Waals surface area contributed by atoms with E-state index in [0.717, 1.165) is 89.5 Å². The number of ether oxygens (including phenoxy) is 12. The first-order valence-electron chi connectivity index (χ1n) is 48.2. The molecule has 2 aliphatic rings. The Kier molecular flexibility index (Phi) is 47.9. The van der Waals surface area contributed by atoms with E-state index in [0.29, 0.717) is 18.6 Å². The molecule has 0 radical (unpaired) electrons. The second-order valence-electron chi connectivity index (χ2n) is 34.3. The summed E-state index contributed by atoms with van der Waals surface area (Å²) in [5, 5.41) is 0. The van der Waals surface area contributed by atoms with Gasteiger partial charge in [-0.1, -0.05) is 447 Å². The van der Waals surface area contributed by atoms with Crippen molar-refractivity contribution >= 4 is 13.8 Å². The summed E-state index contributed by atoms with van der Waals surface area (Å²) >= 11 is 0. The fourth-order valence-corrected chi connectivity index (χ4v) is 18.0. The molecule has 0 bridgehead atoms. The Labute approximate surface area is 765 Å². The average Bonchev–Trinajstić information content (AvgIpc) is 0.745. The molecule has 2 fully saturated rings. The molecule has 0 spiro atoms. The molecule has 13 atom stereocenters. The van der Waals surface area contributed by atoms with Crippen molar-refractivity contribution in [1.82, 2.24) is 0 Å². The van der Waals surface area contributed by atoms with Crippen molar-refractivity contribution in [3.63, 3.8) is 0 Å². The number of esters is 1. The number of benzene rings is 9. The van der Waals surface area contributed by atoms with E-state index in [-0.39, 0.29) is 91.7 Å². The third-order valence-electron chi connectivity index (χ3n) is 23.9. The third-order valence-corrected chi connectivity index (χ3v) is 25.3. The number of carbonyl (C=O) groups excluding carboxylic acids is 1. The van der Waals surface area contributed by atoms with Gasteiger partial charge in [0.05, 0.1) is 72.7 Å². The van der Waals surface area contributed by atoms with Crippen molar-refractivity contribution in [2.75, 3.05) is 26.4 Å². The van der Waals surface area contributed by atoms with Crippen LogP contribution >= 0.6 is 7.82 Å². The normalized spacial score (nSPS) is 20.1. The van der Waals surface area contributed by atoms with Gasteiger partial charge in [-0.2, -0.15) is 0 Å². The van der Waals surface area contributed by atoms with Crippen molar-refractivity contribution < 1.29 is 79.8 Å². The van der Waals surface area contributed by atoms with Gasteiger partial charge in [-0.15, -0.1) is 0 Å². The van der Waals surface area contributed by atoms with Gasteiger partial charge in [0.25, 0.3) is 0 Å². The van der Waals surface area contributed by atoms with Crippen LogP contribution in [0.2, 0.25) is 0 Å². The maximum absolute atomic E-state index is 17.4. The zero-order valence-electron chi connectivity index (χ0n) is 76.3. The highest BCUT2D eigenvalue weighted by molar-refractivity contribution is 7.48. The molecule has 0 amide bonds. The van der Waals surface area contributed by atoms with Crippen LogP contribution in [0.1, 0.15) is 244 Å². The molecule has 17 nitrogen and oxygen atoms in total. The van der Waals surface area contributed by atoms with Crippen LogP contribution in [0.25, 0.3) is 0 Å². The fourth-order valence-electron chi connectivity index (χ4n) is 16.6. The first-order chi connectivity index (χ1) is 63.3. The van der Waals surface area contributed by atoms with E-state index in [1.165, 1.54) is 122 Å². The Morgan fingerprint density at radius 3 is 0.930 bits per heavy atom. The van der Waals surface area contributed by atoms with Crippen LogP contribution in [-0.4, -0.2) is 106 Å². The monoisotopic (exact) mass is 1770 g/mol. The Morgan fingerprint density at radius 2 is 0.578 bits per heavy atom. The topological polar surface area (TPSA) is 173 Å². The molecule has 0 N–H and O–H groups in total. The SMILES string of the molecule is CCCCCCCCCCCCCCCCO[C@H](COC(=O)CCCCCCCCCCCCCCC)COP(=O)(OCc1ccccc1)O[C@@H]1C(O[C@@H]2OC(COCc3ccccc3)[C@H](OCc3ccccc3)[C@@H](OCc3ccccc3)C2OCc2ccccc2)C(OCc2ccccc2)[C@H](OCc2ccccc2)[C@@H](OCc2ccccc2)C1OCc1ccccc1. The third kappa shape index (κ3) is 37.8. The predicted molar refractivity (Wildman–Crippen MR) is 506 cm³/mol. The highest BCUT2D eigenvalue weighted by Crippen LogP contribution is 2.55. The highest BCUT2D eigenvalue weighted by Gasteiger charge is 2.60. The second-order valence-corrected chi connectivity index (χ2v) is 35.9. The minimum absolute atomic E-state index is 0.000491. The Morgan fingerprint density at radius 1 is 0.297 bits per heavy atom.